The topological polar surface area (TPSA) is 75.4 Å². The van der Waals surface area contributed by atoms with Crippen LogP contribution in [0.4, 0.5) is 5.82 Å². The number of nitrogens with one attached hydrogen (secondary N) is 1. The van der Waals surface area contributed by atoms with Crippen LogP contribution in [0.3, 0.4) is 0 Å². The lowest BCUT2D eigenvalue weighted by molar-refractivity contribution is -0.128. The van der Waals surface area contributed by atoms with Gasteiger partial charge in [0.1, 0.15) is 5.76 Å². The first kappa shape index (κ1) is 14.0. The summed E-state index contributed by atoms with van der Waals surface area (Å²) in [6.07, 6.45) is 1.83. The average molecular weight is 251 g/mol. The summed E-state index contributed by atoms with van der Waals surface area (Å²) in [5.41, 5.74) is 0. The Hall–Kier alpha value is -2.11. The first-order valence-electron chi connectivity index (χ1n) is 5.62. The van der Waals surface area contributed by atoms with Gasteiger partial charge in [0.2, 0.25) is 11.8 Å². The van der Waals surface area contributed by atoms with E-state index in [-0.39, 0.29) is 18.2 Å². The molecule has 0 spiro atoms. The number of carbonyl (C=O) groups excluding carboxylic acids is 2. The van der Waals surface area contributed by atoms with Crippen molar-refractivity contribution in [2.75, 3.05) is 18.4 Å². The van der Waals surface area contributed by atoms with Crippen LogP contribution in [-0.4, -0.2) is 35.0 Å². The molecule has 0 aliphatic heterocycles. The summed E-state index contributed by atoms with van der Waals surface area (Å²) in [6, 6.07) is 1.63. The lowest BCUT2D eigenvalue weighted by atomic mass is 10.3. The monoisotopic (exact) mass is 251 g/mol. The summed E-state index contributed by atoms with van der Waals surface area (Å²) < 4.78 is 4.83. The fourth-order valence-electron chi connectivity index (χ4n) is 1.40. The van der Waals surface area contributed by atoms with E-state index in [1.54, 1.807) is 24.0 Å². The number of anilines is 1. The quantitative estimate of drug-likeness (QED) is 0.774. The van der Waals surface area contributed by atoms with Crippen LogP contribution in [0.5, 0.6) is 0 Å². The van der Waals surface area contributed by atoms with Gasteiger partial charge in [-0.2, -0.15) is 0 Å². The van der Waals surface area contributed by atoms with Crippen LogP contribution in [0.15, 0.2) is 23.2 Å². The number of aryl methyl sites for hydroxylation is 1. The third-order valence-corrected chi connectivity index (χ3v) is 2.30. The molecule has 0 bridgehead atoms. The van der Waals surface area contributed by atoms with Gasteiger partial charge in [0.25, 0.3) is 0 Å². The Kier molecular flexibility index (Phi) is 5.10. The van der Waals surface area contributed by atoms with Crippen molar-refractivity contribution < 1.29 is 14.1 Å². The highest BCUT2D eigenvalue weighted by Crippen LogP contribution is 2.07. The van der Waals surface area contributed by atoms with Crippen molar-refractivity contribution in [3.8, 4) is 0 Å². The molecule has 0 saturated heterocycles. The Morgan fingerprint density at radius 3 is 2.83 bits per heavy atom. The van der Waals surface area contributed by atoms with Gasteiger partial charge in [-0.25, -0.2) is 0 Å². The second kappa shape index (κ2) is 6.58. The number of hydrogen-bond acceptors (Lipinski definition) is 4. The molecule has 6 heteroatoms. The SMILES string of the molecule is C=CCN(CCC(=O)Nc1cc(C)on1)C(C)=O. The number of amides is 2. The number of hydrogen-bond donors (Lipinski definition) is 1. The van der Waals surface area contributed by atoms with Crippen LogP contribution < -0.4 is 5.32 Å². The lowest BCUT2D eigenvalue weighted by Crippen LogP contribution is -2.32. The third kappa shape index (κ3) is 4.40. The van der Waals surface area contributed by atoms with Crippen molar-refractivity contribution in [1.29, 1.82) is 0 Å². The molecule has 0 saturated carbocycles. The largest absolute Gasteiger partial charge is 0.360 e. The highest BCUT2D eigenvalue weighted by atomic mass is 16.5. The van der Waals surface area contributed by atoms with Gasteiger partial charge >= 0.3 is 0 Å². The third-order valence-electron chi connectivity index (χ3n) is 2.30. The Labute approximate surface area is 106 Å². The summed E-state index contributed by atoms with van der Waals surface area (Å²) in [6.45, 7) is 7.55. The molecule has 0 aromatic carbocycles. The zero-order chi connectivity index (χ0) is 13.5. The van der Waals surface area contributed by atoms with Crippen LogP contribution in [0, 0.1) is 6.92 Å². The number of rotatable bonds is 6. The van der Waals surface area contributed by atoms with Crippen LogP contribution in [-0.2, 0) is 9.59 Å². The van der Waals surface area contributed by atoms with E-state index in [0.717, 1.165) is 0 Å². The zero-order valence-electron chi connectivity index (χ0n) is 10.6. The lowest BCUT2D eigenvalue weighted by Gasteiger charge is -2.18. The molecular formula is C12H17N3O3. The molecule has 0 aliphatic rings. The van der Waals surface area contributed by atoms with Crippen molar-refractivity contribution >= 4 is 17.6 Å². The molecule has 2 amide bonds. The summed E-state index contributed by atoms with van der Waals surface area (Å²) in [4.78, 5) is 24.4. The zero-order valence-corrected chi connectivity index (χ0v) is 10.6. The molecule has 0 fully saturated rings. The number of aromatic nitrogens is 1. The fourth-order valence-corrected chi connectivity index (χ4v) is 1.40. The van der Waals surface area contributed by atoms with E-state index < -0.39 is 0 Å². The number of nitrogens with zero attached hydrogens (tertiary/aromatic N) is 2. The molecule has 1 rings (SSSR count). The highest BCUT2D eigenvalue weighted by Gasteiger charge is 2.11. The van der Waals surface area contributed by atoms with Crippen LogP contribution in [0.2, 0.25) is 0 Å². The minimum atomic E-state index is -0.210. The minimum absolute atomic E-state index is 0.0834. The van der Waals surface area contributed by atoms with Gasteiger partial charge < -0.3 is 14.7 Å². The Bertz CT molecular complexity index is 440. The molecule has 0 unspecified atom stereocenters. The van der Waals surface area contributed by atoms with E-state index in [0.29, 0.717) is 24.7 Å². The van der Waals surface area contributed by atoms with Gasteiger partial charge in [0.15, 0.2) is 5.82 Å². The maximum absolute atomic E-state index is 11.6. The Morgan fingerprint density at radius 2 is 2.33 bits per heavy atom. The van der Waals surface area contributed by atoms with E-state index in [9.17, 15) is 9.59 Å². The minimum Gasteiger partial charge on any atom is -0.360 e. The molecule has 0 radical (unpaired) electrons. The normalized spacial score (nSPS) is 9.89. The van der Waals surface area contributed by atoms with Crippen LogP contribution in [0.1, 0.15) is 19.1 Å². The van der Waals surface area contributed by atoms with Crippen molar-refractivity contribution in [1.82, 2.24) is 10.1 Å². The average Bonchev–Trinajstić information content (AvgIpc) is 2.69. The molecule has 98 valence electrons. The van der Waals surface area contributed by atoms with Gasteiger partial charge in [-0.1, -0.05) is 11.2 Å². The first-order chi connectivity index (χ1) is 8.52. The molecule has 1 N–H and O–H groups in total. The Morgan fingerprint density at radius 1 is 1.61 bits per heavy atom. The second-order valence-corrected chi connectivity index (χ2v) is 3.87. The van der Waals surface area contributed by atoms with E-state index in [2.05, 4.69) is 17.1 Å². The van der Waals surface area contributed by atoms with Crippen molar-refractivity contribution in [2.45, 2.75) is 20.3 Å². The van der Waals surface area contributed by atoms with E-state index in [4.69, 9.17) is 4.52 Å². The van der Waals surface area contributed by atoms with Crippen molar-refractivity contribution in [3.05, 3.63) is 24.5 Å². The van der Waals surface area contributed by atoms with Crippen molar-refractivity contribution in [2.24, 2.45) is 0 Å². The maximum atomic E-state index is 11.6. The molecule has 0 aliphatic carbocycles. The molecule has 1 aromatic heterocycles. The standard InChI is InChI=1S/C12H17N3O3/c1-4-6-15(10(3)16)7-5-12(17)13-11-8-9(2)18-14-11/h4,8H,1,5-7H2,2-3H3,(H,13,14,17). The van der Waals surface area contributed by atoms with Gasteiger partial charge in [-0.05, 0) is 6.92 Å². The second-order valence-electron chi connectivity index (χ2n) is 3.87. The predicted molar refractivity (Wildman–Crippen MR) is 66.9 cm³/mol. The van der Waals surface area contributed by atoms with Gasteiger partial charge in [0.05, 0.1) is 0 Å². The molecule has 1 aromatic rings. The van der Waals surface area contributed by atoms with E-state index in [1.807, 2.05) is 0 Å². The Balaban J connectivity index is 2.40. The maximum Gasteiger partial charge on any atom is 0.227 e. The van der Waals surface area contributed by atoms with Crippen LogP contribution in [0.25, 0.3) is 0 Å². The molecule has 1 heterocycles. The highest BCUT2D eigenvalue weighted by molar-refractivity contribution is 5.90. The summed E-state index contributed by atoms with van der Waals surface area (Å²) >= 11 is 0. The molecule has 0 atom stereocenters. The van der Waals surface area contributed by atoms with Crippen LogP contribution >= 0.6 is 0 Å². The summed E-state index contributed by atoms with van der Waals surface area (Å²) in [5, 5.41) is 6.24. The van der Waals surface area contributed by atoms with Gasteiger partial charge in [-0.15, -0.1) is 6.58 Å². The molecular weight excluding hydrogens is 234 g/mol. The van der Waals surface area contributed by atoms with Gasteiger partial charge in [-0.3, -0.25) is 9.59 Å². The number of carbonyl (C=O) groups is 2. The molecule has 6 nitrogen and oxygen atoms in total. The molecule has 18 heavy (non-hydrogen) atoms. The van der Waals surface area contributed by atoms with Gasteiger partial charge in [0, 0.05) is 32.5 Å². The van der Waals surface area contributed by atoms with Crippen molar-refractivity contribution in [3.63, 3.8) is 0 Å². The van der Waals surface area contributed by atoms with E-state index in [1.165, 1.54) is 6.92 Å². The van der Waals surface area contributed by atoms with E-state index >= 15 is 0 Å². The smallest absolute Gasteiger partial charge is 0.227 e. The predicted octanol–water partition coefficient (Wildman–Crippen LogP) is 1.35. The fraction of sp³-hybridized carbons (Fsp3) is 0.417. The summed E-state index contributed by atoms with van der Waals surface area (Å²) in [5.74, 6) is 0.719. The summed E-state index contributed by atoms with van der Waals surface area (Å²) in [7, 11) is 0. The first-order valence-corrected chi connectivity index (χ1v) is 5.62.